The number of carbonyl (C=O) groups excluding carboxylic acids is 5. The summed E-state index contributed by atoms with van der Waals surface area (Å²) >= 11 is 1.60. The van der Waals surface area contributed by atoms with Crippen LogP contribution in [-0.2, 0) is 23.9 Å². The van der Waals surface area contributed by atoms with E-state index in [-0.39, 0.29) is 35.5 Å². The van der Waals surface area contributed by atoms with Gasteiger partial charge in [0.25, 0.3) is 5.91 Å². The topological polar surface area (TPSA) is 174 Å². The van der Waals surface area contributed by atoms with Crippen molar-refractivity contribution in [2.45, 2.75) is 108 Å². The van der Waals surface area contributed by atoms with Gasteiger partial charge in [-0.1, -0.05) is 110 Å². The molecule has 5 amide bonds. The van der Waals surface area contributed by atoms with Gasteiger partial charge in [0.05, 0.1) is 35.0 Å². The number of amides is 5. The van der Waals surface area contributed by atoms with E-state index in [2.05, 4.69) is 31.5 Å². The number of thiazole rings is 1. The lowest BCUT2D eigenvalue weighted by molar-refractivity contribution is -0.143. The lowest BCUT2D eigenvalue weighted by Gasteiger charge is -2.36. The molecule has 0 spiro atoms. The van der Waals surface area contributed by atoms with Crippen molar-refractivity contribution in [1.29, 1.82) is 0 Å². The van der Waals surface area contributed by atoms with Crippen LogP contribution in [0, 0.1) is 5.92 Å². The van der Waals surface area contributed by atoms with E-state index < -0.39 is 30.1 Å². The van der Waals surface area contributed by atoms with Crippen molar-refractivity contribution < 1.29 is 28.7 Å². The number of rotatable bonds is 20. The van der Waals surface area contributed by atoms with Crippen LogP contribution in [0.15, 0.2) is 78.9 Å². The zero-order valence-electron chi connectivity index (χ0n) is 37.9. The summed E-state index contributed by atoms with van der Waals surface area (Å²) in [5.41, 5.74) is 3.05. The van der Waals surface area contributed by atoms with Crippen LogP contribution in [-0.4, -0.2) is 117 Å². The Morgan fingerprint density at radius 3 is 2.06 bits per heavy atom. The maximum atomic E-state index is 14.5. The summed E-state index contributed by atoms with van der Waals surface area (Å²) in [7, 11) is 1.71. The molecular weight excluding hydrogens is 841 g/mol. The molecule has 1 aliphatic carbocycles. The molecule has 65 heavy (non-hydrogen) atoms. The molecule has 2 aliphatic heterocycles. The van der Waals surface area contributed by atoms with E-state index in [9.17, 15) is 24.0 Å². The van der Waals surface area contributed by atoms with Crippen molar-refractivity contribution in [3.63, 3.8) is 0 Å². The van der Waals surface area contributed by atoms with Crippen molar-refractivity contribution in [3.05, 3.63) is 95.6 Å². The van der Waals surface area contributed by atoms with Crippen molar-refractivity contribution in [2.75, 3.05) is 57.9 Å². The van der Waals surface area contributed by atoms with Crippen LogP contribution in [0.25, 0.3) is 10.2 Å². The first-order valence-corrected chi connectivity index (χ1v) is 24.5. The Balaban J connectivity index is 0.971. The third-order valence-electron chi connectivity index (χ3n) is 13.2. The minimum atomic E-state index is -0.975. The van der Waals surface area contributed by atoms with E-state index in [1.807, 2.05) is 78.9 Å². The minimum Gasteiger partial charge on any atom is -0.378 e. The van der Waals surface area contributed by atoms with E-state index in [1.54, 1.807) is 30.2 Å². The molecule has 2 saturated heterocycles. The average Bonchev–Trinajstić information content (AvgIpc) is 4.03. The van der Waals surface area contributed by atoms with Gasteiger partial charge in [0.15, 0.2) is 5.13 Å². The Labute approximate surface area is 387 Å². The Bertz CT molecular complexity index is 2160. The molecule has 4 atom stereocenters. The molecule has 3 aliphatic rings. The second-order valence-corrected chi connectivity index (χ2v) is 18.6. The Kier molecular flexibility index (Phi) is 17.3. The van der Waals surface area contributed by atoms with Crippen LogP contribution in [0.3, 0.4) is 0 Å². The molecular formula is C50H66N8O6S. The molecule has 15 heteroatoms. The number of anilines is 1. The van der Waals surface area contributed by atoms with Gasteiger partial charge in [-0.15, -0.1) is 0 Å². The number of benzene rings is 3. The monoisotopic (exact) mass is 906 g/mol. The number of hydrogen-bond acceptors (Lipinski definition) is 10. The van der Waals surface area contributed by atoms with Crippen LogP contribution in [0.1, 0.15) is 105 Å². The van der Waals surface area contributed by atoms with Gasteiger partial charge in [-0.25, -0.2) is 4.98 Å². The smallest absolute Gasteiger partial charge is 0.253 e. The van der Waals surface area contributed by atoms with Crippen LogP contribution in [0.2, 0.25) is 0 Å². The summed E-state index contributed by atoms with van der Waals surface area (Å²) in [5, 5.41) is 16.3. The number of hydrogen-bond donors (Lipinski definition) is 5. The van der Waals surface area contributed by atoms with Gasteiger partial charge in [0.2, 0.25) is 23.6 Å². The first kappa shape index (κ1) is 47.6. The average molecular weight is 907 g/mol. The van der Waals surface area contributed by atoms with Crippen LogP contribution in [0.5, 0.6) is 0 Å². The summed E-state index contributed by atoms with van der Waals surface area (Å²) < 4.78 is 6.48. The summed E-state index contributed by atoms with van der Waals surface area (Å²) in [4.78, 5) is 78.5. The zero-order valence-corrected chi connectivity index (χ0v) is 38.7. The predicted octanol–water partition coefficient (Wildman–Crippen LogP) is 5.52. The van der Waals surface area contributed by atoms with Gasteiger partial charge in [-0.05, 0) is 81.7 Å². The number of para-hydroxylation sites is 1. The number of carbonyl (C=O) groups is 5. The molecule has 4 aromatic rings. The van der Waals surface area contributed by atoms with Crippen molar-refractivity contribution in [2.24, 2.45) is 5.92 Å². The van der Waals surface area contributed by atoms with E-state index in [4.69, 9.17) is 9.72 Å². The van der Waals surface area contributed by atoms with E-state index in [0.29, 0.717) is 51.3 Å². The zero-order chi connectivity index (χ0) is 45.5. The lowest BCUT2D eigenvalue weighted by atomic mass is 9.83. The number of ether oxygens (including phenoxy) is 1. The van der Waals surface area contributed by atoms with Gasteiger partial charge < -0.3 is 41.1 Å². The van der Waals surface area contributed by atoms with Gasteiger partial charge in [0.1, 0.15) is 18.1 Å². The van der Waals surface area contributed by atoms with Crippen LogP contribution >= 0.6 is 11.3 Å². The van der Waals surface area contributed by atoms with Crippen LogP contribution in [0.4, 0.5) is 5.13 Å². The summed E-state index contributed by atoms with van der Waals surface area (Å²) in [6.45, 7) is 6.01. The first-order chi connectivity index (χ1) is 31.7. The Hall–Kier alpha value is -5.38. The number of morpholine rings is 1. The maximum Gasteiger partial charge on any atom is 0.253 e. The lowest BCUT2D eigenvalue weighted by Crippen LogP contribution is -2.59. The molecule has 348 valence electrons. The molecule has 0 bridgehead atoms. The van der Waals surface area contributed by atoms with Gasteiger partial charge in [-0.3, -0.25) is 24.0 Å². The van der Waals surface area contributed by atoms with E-state index in [1.165, 1.54) is 0 Å². The fourth-order valence-corrected chi connectivity index (χ4v) is 10.5. The molecule has 1 unspecified atom stereocenters. The standard InChI is InChI=1S/C50H66N8O6S/c1-34(51-2)45(59)54-42(37-22-12-7-13-23-37)49(63)58-29-17-25-39(58)47(61)55-44(41(35-18-8-5-9-19-35)36-20-10-6-11-21-36)48(62)53-28-15-4-3-14-27-52-46(60)38-24-16-26-40-43(38)56-50(65-40)57-30-32-64-33-31-57/h5-6,8-11,16,18-21,24,26,34,37,39,41-42,44,51H,3-4,7,12-15,17,22-23,25,27-33H2,1-2H3,(H,52,60)(H,53,62)(H,54,59)(H,55,61)/t34-,39-,42-,44?/m0/s1. The van der Waals surface area contributed by atoms with Gasteiger partial charge >= 0.3 is 0 Å². The first-order valence-electron chi connectivity index (χ1n) is 23.7. The third kappa shape index (κ3) is 12.3. The van der Waals surface area contributed by atoms with Crippen molar-refractivity contribution in [3.8, 4) is 0 Å². The molecule has 7 rings (SSSR count). The largest absolute Gasteiger partial charge is 0.378 e. The van der Waals surface area contributed by atoms with Crippen LogP contribution < -0.4 is 31.5 Å². The number of likely N-dealkylation sites (tertiary alicyclic amines) is 1. The molecule has 0 radical (unpaired) electrons. The highest BCUT2D eigenvalue weighted by Gasteiger charge is 2.43. The number of aromatic nitrogens is 1. The number of likely N-dealkylation sites (N-methyl/N-ethyl adjacent to an activating group) is 1. The highest BCUT2D eigenvalue weighted by molar-refractivity contribution is 7.22. The number of nitrogens with zero attached hydrogens (tertiary/aromatic N) is 3. The van der Waals surface area contributed by atoms with E-state index in [0.717, 1.165) is 97.4 Å². The fourth-order valence-electron chi connectivity index (χ4n) is 9.42. The number of nitrogens with one attached hydrogen (secondary N) is 5. The summed E-state index contributed by atoms with van der Waals surface area (Å²) in [6.07, 6.45) is 9.06. The molecule has 1 saturated carbocycles. The molecule has 3 fully saturated rings. The maximum absolute atomic E-state index is 14.5. The quantitative estimate of drug-likeness (QED) is 0.0716. The summed E-state index contributed by atoms with van der Waals surface area (Å²) in [5.74, 6) is -1.81. The molecule has 3 heterocycles. The second kappa shape index (κ2) is 23.7. The third-order valence-corrected chi connectivity index (χ3v) is 14.3. The van der Waals surface area contributed by atoms with Crippen molar-refractivity contribution >= 4 is 56.2 Å². The molecule has 3 aromatic carbocycles. The molecule has 14 nitrogen and oxygen atoms in total. The molecule has 1 aromatic heterocycles. The summed E-state index contributed by atoms with van der Waals surface area (Å²) in [6, 6.07) is 22.2. The number of unbranched alkanes of at least 4 members (excludes halogenated alkanes) is 3. The second-order valence-electron chi connectivity index (χ2n) is 17.6. The Morgan fingerprint density at radius 1 is 0.738 bits per heavy atom. The predicted molar refractivity (Wildman–Crippen MR) is 255 cm³/mol. The SMILES string of the molecule is CN[C@@H](C)C(=O)N[C@H](C(=O)N1CCC[C@H]1C(=O)NC(C(=O)NCCCCCCNC(=O)c1cccc2sc(N3CCOCC3)nc12)C(c1ccccc1)c1ccccc1)C1CCCCC1. The minimum absolute atomic E-state index is 0.00886. The Morgan fingerprint density at radius 2 is 1.40 bits per heavy atom. The fraction of sp³-hybridized carbons (Fsp3) is 0.520. The molecule has 5 N–H and O–H groups in total. The van der Waals surface area contributed by atoms with Gasteiger partial charge in [-0.2, -0.15) is 0 Å². The highest BCUT2D eigenvalue weighted by Crippen LogP contribution is 2.33. The normalized spacial score (nSPS) is 18.2. The van der Waals surface area contributed by atoms with Crippen molar-refractivity contribution in [1.82, 2.24) is 36.5 Å². The highest BCUT2D eigenvalue weighted by atomic mass is 32.1. The number of fused-ring (bicyclic) bond motifs is 1. The van der Waals surface area contributed by atoms with E-state index >= 15 is 0 Å². The van der Waals surface area contributed by atoms with Gasteiger partial charge in [0, 0.05) is 38.6 Å².